The van der Waals surface area contributed by atoms with Crippen LogP contribution in [0.3, 0.4) is 0 Å². The molecule has 0 saturated carbocycles. The number of halogens is 1. The van der Waals surface area contributed by atoms with Gasteiger partial charge < -0.3 is 14.2 Å². The molecule has 3 rings (SSSR count). The molecule has 28 heavy (non-hydrogen) atoms. The first kappa shape index (κ1) is 21.2. The molecule has 0 radical (unpaired) electrons. The van der Waals surface area contributed by atoms with Crippen LogP contribution in [0.25, 0.3) is 10.9 Å². The van der Waals surface area contributed by atoms with Gasteiger partial charge in [0.05, 0.1) is 29.1 Å². The number of hydrogen-bond acceptors (Lipinski definition) is 5. The van der Waals surface area contributed by atoms with Gasteiger partial charge in [-0.15, -0.1) is 0 Å². The molecule has 0 saturated heterocycles. The lowest BCUT2D eigenvalue weighted by atomic mass is 10.2. The summed E-state index contributed by atoms with van der Waals surface area (Å²) in [6.45, 7) is 0.637. The van der Waals surface area contributed by atoms with E-state index in [1.165, 1.54) is 29.4 Å². The SMILES string of the molecule is COc1ccc(S(=O)(=O)n2cc([S+]([O-])CCN(C)C)c3cc(Br)ccc32)cc1. The van der Waals surface area contributed by atoms with E-state index in [1.807, 2.05) is 19.0 Å². The largest absolute Gasteiger partial charge is 0.611 e. The minimum Gasteiger partial charge on any atom is -0.611 e. The van der Waals surface area contributed by atoms with Crippen molar-refractivity contribution in [2.75, 3.05) is 33.5 Å². The van der Waals surface area contributed by atoms with Crippen LogP contribution < -0.4 is 4.74 Å². The summed E-state index contributed by atoms with van der Waals surface area (Å²) in [7, 11) is 1.49. The molecule has 6 nitrogen and oxygen atoms in total. The average molecular weight is 485 g/mol. The molecule has 0 aliphatic rings. The summed E-state index contributed by atoms with van der Waals surface area (Å²) >= 11 is 2.09. The standard InChI is InChI=1S/C19H21BrN2O4S2/c1-21(2)10-11-27(23)19-13-22(18-9-4-14(20)12-17(18)19)28(24,25)16-7-5-15(26-3)6-8-16/h4-9,12-13H,10-11H2,1-3H3. The molecule has 0 N–H and O–H groups in total. The number of nitrogens with zero attached hydrogens (tertiary/aromatic N) is 2. The highest BCUT2D eigenvalue weighted by Gasteiger charge is 2.26. The predicted octanol–water partition coefficient (Wildman–Crippen LogP) is 3.32. The zero-order chi connectivity index (χ0) is 20.5. The number of hydrogen-bond donors (Lipinski definition) is 0. The van der Waals surface area contributed by atoms with E-state index in [0.717, 1.165) is 4.47 Å². The molecule has 1 heterocycles. The highest BCUT2D eigenvalue weighted by molar-refractivity contribution is 9.10. The fourth-order valence-corrected chi connectivity index (χ4v) is 5.94. The van der Waals surface area contributed by atoms with Gasteiger partial charge in [-0.1, -0.05) is 15.9 Å². The lowest BCUT2D eigenvalue weighted by Crippen LogP contribution is -2.22. The average Bonchev–Trinajstić information content (AvgIpc) is 3.05. The molecule has 0 aliphatic heterocycles. The second-order valence-electron chi connectivity index (χ2n) is 6.48. The summed E-state index contributed by atoms with van der Waals surface area (Å²) in [5.41, 5.74) is 0.493. The fourth-order valence-electron chi connectivity index (χ4n) is 2.76. The summed E-state index contributed by atoms with van der Waals surface area (Å²) in [6.07, 6.45) is 1.47. The Balaban J connectivity index is 2.12. The van der Waals surface area contributed by atoms with Gasteiger partial charge in [-0.3, -0.25) is 0 Å². The second-order valence-corrected chi connectivity index (χ2v) is 10.8. The molecule has 9 heteroatoms. The van der Waals surface area contributed by atoms with Crippen molar-refractivity contribution < 1.29 is 17.7 Å². The smallest absolute Gasteiger partial charge is 0.268 e. The van der Waals surface area contributed by atoms with E-state index in [4.69, 9.17) is 4.74 Å². The van der Waals surface area contributed by atoms with Crippen LogP contribution in [0.2, 0.25) is 0 Å². The first-order chi connectivity index (χ1) is 13.2. The Hall–Kier alpha value is -1.52. The highest BCUT2D eigenvalue weighted by atomic mass is 79.9. The minimum absolute atomic E-state index is 0.138. The lowest BCUT2D eigenvalue weighted by Gasteiger charge is -2.13. The number of aromatic nitrogens is 1. The summed E-state index contributed by atoms with van der Waals surface area (Å²) < 4.78 is 46.5. The van der Waals surface area contributed by atoms with E-state index >= 15 is 0 Å². The van der Waals surface area contributed by atoms with Gasteiger partial charge in [0, 0.05) is 11.0 Å². The van der Waals surface area contributed by atoms with Crippen molar-refractivity contribution in [1.82, 2.24) is 8.87 Å². The Labute approximate surface area is 176 Å². The Bertz CT molecular complexity index is 1080. The molecule has 0 bridgehead atoms. The molecule has 0 aliphatic carbocycles. The zero-order valence-corrected chi connectivity index (χ0v) is 19.0. The van der Waals surface area contributed by atoms with Crippen LogP contribution in [0.15, 0.2) is 62.9 Å². The van der Waals surface area contributed by atoms with E-state index < -0.39 is 21.2 Å². The van der Waals surface area contributed by atoms with Crippen molar-refractivity contribution in [2.24, 2.45) is 0 Å². The fraction of sp³-hybridized carbons (Fsp3) is 0.263. The molecule has 150 valence electrons. The molecular weight excluding hydrogens is 464 g/mol. The van der Waals surface area contributed by atoms with Crippen LogP contribution in [0, 0.1) is 0 Å². The van der Waals surface area contributed by atoms with Crippen LogP contribution >= 0.6 is 15.9 Å². The third-order valence-electron chi connectivity index (χ3n) is 4.28. The molecule has 1 aromatic heterocycles. The molecule has 2 aromatic carbocycles. The maximum atomic E-state index is 13.2. The summed E-state index contributed by atoms with van der Waals surface area (Å²) in [4.78, 5) is 2.59. The normalized spacial score (nSPS) is 13.2. The Morgan fingerprint density at radius 3 is 2.46 bits per heavy atom. The molecular formula is C19H21BrN2O4S2. The van der Waals surface area contributed by atoms with Crippen LogP contribution in [0.5, 0.6) is 5.75 Å². The molecule has 3 aromatic rings. The number of methoxy groups -OCH3 is 1. The van der Waals surface area contributed by atoms with Crippen LogP contribution in [0.4, 0.5) is 0 Å². The van der Waals surface area contributed by atoms with Gasteiger partial charge >= 0.3 is 0 Å². The quantitative estimate of drug-likeness (QED) is 0.480. The molecule has 0 spiro atoms. The maximum absolute atomic E-state index is 13.2. The zero-order valence-electron chi connectivity index (χ0n) is 15.8. The van der Waals surface area contributed by atoms with Gasteiger partial charge in [0.1, 0.15) is 11.5 Å². The van der Waals surface area contributed by atoms with Crippen LogP contribution in [-0.2, 0) is 21.2 Å². The monoisotopic (exact) mass is 484 g/mol. The van der Waals surface area contributed by atoms with Gasteiger partial charge in [0.25, 0.3) is 10.0 Å². The van der Waals surface area contributed by atoms with Crippen molar-refractivity contribution >= 4 is 48.0 Å². The predicted molar refractivity (Wildman–Crippen MR) is 115 cm³/mol. The lowest BCUT2D eigenvalue weighted by molar-refractivity contribution is 0.414. The maximum Gasteiger partial charge on any atom is 0.268 e. The number of rotatable bonds is 7. The molecule has 1 unspecified atom stereocenters. The first-order valence-electron chi connectivity index (χ1n) is 8.47. The first-order valence-corrected chi connectivity index (χ1v) is 12.0. The number of fused-ring (bicyclic) bond motifs is 1. The van der Waals surface area contributed by atoms with Gasteiger partial charge in [0.2, 0.25) is 0 Å². The molecule has 0 fully saturated rings. The van der Waals surface area contributed by atoms with Gasteiger partial charge in [-0.05, 0) is 67.7 Å². The van der Waals surface area contributed by atoms with Crippen molar-refractivity contribution in [3.63, 3.8) is 0 Å². The Morgan fingerprint density at radius 1 is 1.18 bits per heavy atom. The number of ether oxygens (including phenoxy) is 1. The van der Waals surface area contributed by atoms with Crippen molar-refractivity contribution in [3.8, 4) is 5.75 Å². The van der Waals surface area contributed by atoms with E-state index in [1.54, 1.807) is 30.3 Å². The highest BCUT2D eigenvalue weighted by Crippen LogP contribution is 2.32. The third-order valence-corrected chi connectivity index (χ3v) is 7.83. The summed E-state index contributed by atoms with van der Waals surface area (Å²) in [5.74, 6) is 0.993. The summed E-state index contributed by atoms with van der Waals surface area (Å²) in [5, 5.41) is 0.656. The van der Waals surface area contributed by atoms with E-state index in [-0.39, 0.29) is 4.90 Å². The van der Waals surface area contributed by atoms with Crippen LogP contribution in [-0.4, -0.2) is 55.3 Å². The molecule has 1 atom stereocenters. The van der Waals surface area contributed by atoms with Crippen molar-refractivity contribution in [3.05, 3.63) is 53.1 Å². The van der Waals surface area contributed by atoms with E-state index in [0.29, 0.717) is 33.8 Å². The summed E-state index contributed by atoms with van der Waals surface area (Å²) in [6, 6.07) is 11.5. The topological polar surface area (TPSA) is 74.6 Å². The van der Waals surface area contributed by atoms with Gasteiger partial charge in [-0.25, -0.2) is 12.4 Å². The van der Waals surface area contributed by atoms with Gasteiger partial charge in [-0.2, -0.15) is 0 Å². The Kier molecular flexibility index (Phi) is 6.41. The van der Waals surface area contributed by atoms with Crippen molar-refractivity contribution in [1.29, 1.82) is 0 Å². The Morgan fingerprint density at radius 2 is 1.86 bits per heavy atom. The minimum atomic E-state index is -3.85. The van der Waals surface area contributed by atoms with E-state index in [9.17, 15) is 13.0 Å². The second kappa shape index (κ2) is 8.46. The number of benzene rings is 2. The third kappa shape index (κ3) is 4.23. The van der Waals surface area contributed by atoms with Crippen LogP contribution in [0.1, 0.15) is 0 Å². The molecule has 0 amide bonds. The van der Waals surface area contributed by atoms with Gasteiger partial charge in [0.15, 0.2) is 4.90 Å². The van der Waals surface area contributed by atoms with Crippen molar-refractivity contribution in [2.45, 2.75) is 9.79 Å². The van der Waals surface area contributed by atoms with E-state index in [2.05, 4.69) is 15.9 Å².